The second-order valence-electron chi connectivity index (χ2n) is 7.69. The largest absolute Gasteiger partial charge is 0.345 e. The van der Waals surface area contributed by atoms with E-state index in [0.29, 0.717) is 24.2 Å². The van der Waals surface area contributed by atoms with Crippen molar-refractivity contribution in [3.63, 3.8) is 0 Å². The molecule has 1 heterocycles. The van der Waals surface area contributed by atoms with Crippen LogP contribution in [0, 0.1) is 5.92 Å². The van der Waals surface area contributed by atoms with Crippen LogP contribution in [0.1, 0.15) is 49.4 Å². The summed E-state index contributed by atoms with van der Waals surface area (Å²) in [7, 11) is 3.46. The second kappa shape index (κ2) is 7.56. The molecule has 0 radical (unpaired) electrons. The minimum atomic E-state index is -0.0351. The van der Waals surface area contributed by atoms with Crippen molar-refractivity contribution in [2.45, 2.75) is 51.1 Å². The molecule has 0 bridgehead atoms. The molecule has 3 rings (SSSR count). The zero-order valence-electron chi connectivity index (χ0n) is 15.5. The smallest absolute Gasteiger partial charge is 0.253 e. The number of likely N-dealkylation sites (tertiary alicyclic amines) is 1. The predicted molar refractivity (Wildman–Crippen MR) is 99.6 cm³/mol. The lowest BCUT2D eigenvalue weighted by atomic mass is 9.85. The summed E-state index contributed by atoms with van der Waals surface area (Å²) in [6.07, 6.45) is 6.39. The van der Waals surface area contributed by atoms with Crippen LogP contribution in [0.4, 0.5) is 5.69 Å². The number of rotatable bonds is 4. The molecule has 1 aliphatic heterocycles. The second-order valence-corrected chi connectivity index (χ2v) is 7.69. The van der Waals surface area contributed by atoms with E-state index in [4.69, 9.17) is 0 Å². The molecule has 3 atom stereocenters. The monoisotopic (exact) mass is 343 g/mol. The first-order valence-electron chi connectivity index (χ1n) is 9.33. The van der Waals surface area contributed by atoms with Gasteiger partial charge in [-0.25, -0.2) is 0 Å². The van der Waals surface area contributed by atoms with Gasteiger partial charge >= 0.3 is 0 Å². The van der Waals surface area contributed by atoms with Crippen molar-refractivity contribution >= 4 is 17.5 Å². The Morgan fingerprint density at radius 2 is 1.84 bits per heavy atom. The van der Waals surface area contributed by atoms with Gasteiger partial charge in [-0.3, -0.25) is 14.5 Å². The lowest BCUT2D eigenvalue weighted by Gasteiger charge is -2.32. The highest BCUT2D eigenvalue weighted by atomic mass is 16.2. The first-order chi connectivity index (χ1) is 12.0. The summed E-state index contributed by atoms with van der Waals surface area (Å²) in [5.74, 6) is 0.768. The van der Waals surface area contributed by atoms with Gasteiger partial charge in [-0.1, -0.05) is 12.8 Å². The van der Waals surface area contributed by atoms with Crippen LogP contribution in [0.5, 0.6) is 0 Å². The molecular formula is C20H29N3O2. The Bertz CT molecular complexity index is 626. The van der Waals surface area contributed by atoms with Crippen molar-refractivity contribution in [1.82, 2.24) is 9.80 Å². The Morgan fingerprint density at radius 1 is 1.16 bits per heavy atom. The summed E-state index contributed by atoms with van der Waals surface area (Å²) in [4.78, 5) is 28.3. The van der Waals surface area contributed by atoms with E-state index in [2.05, 4.69) is 17.1 Å². The van der Waals surface area contributed by atoms with Gasteiger partial charge in [-0.05, 0) is 56.4 Å². The maximum absolute atomic E-state index is 12.5. The van der Waals surface area contributed by atoms with Crippen LogP contribution in [-0.2, 0) is 4.79 Å². The summed E-state index contributed by atoms with van der Waals surface area (Å²) in [6, 6.07) is 8.17. The number of carbonyl (C=O) groups is 2. The molecule has 2 amide bonds. The number of amides is 2. The lowest BCUT2D eigenvalue weighted by molar-refractivity contribution is -0.118. The van der Waals surface area contributed by atoms with E-state index in [1.807, 2.05) is 0 Å². The molecule has 1 aliphatic carbocycles. The standard InChI is InChI=1S/C20H29N3O2/c1-14-12-16-6-4-5-7-18(16)23(14)13-19(24)21-17-10-8-15(9-11-17)20(25)22(2)3/h8-11,14,16,18H,4-7,12-13H2,1-3H3,(H,21,24). The molecule has 5 heteroatoms. The number of nitrogens with one attached hydrogen (secondary N) is 1. The molecule has 1 saturated carbocycles. The highest BCUT2D eigenvalue weighted by Crippen LogP contribution is 2.39. The summed E-state index contributed by atoms with van der Waals surface area (Å²) in [6.45, 7) is 2.70. The SMILES string of the molecule is CC1CC2CCCCC2N1CC(=O)Nc1ccc(C(=O)N(C)C)cc1. The molecule has 3 unspecified atom stereocenters. The third-order valence-electron chi connectivity index (χ3n) is 5.65. The van der Waals surface area contributed by atoms with Gasteiger partial charge in [0.05, 0.1) is 6.54 Å². The fraction of sp³-hybridized carbons (Fsp3) is 0.600. The topological polar surface area (TPSA) is 52.7 Å². The summed E-state index contributed by atoms with van der Waals surface area (Å²) in [5.41, 5.74) is 1.37. The zero-order chi connectivity index (χ0) is 18.0. The quantitative estimate of drug-likeness (QED) is 0.914. The van der Waals surface area contributed by atoms with Crippen LogP contribution in [-0.4, -0.2) is 54.3 Å². The predicted octanol–water partition coefficient (Wildman–Crippen LogP) is 2.98. The van der Waals surface area contributed by atoms with Crippen LogP contribution in [0.2, 0.25) is 0 Å². The van der Waals surface area contributed by atoms with Crippen LogP contribution in [0.15, 0.2) is 24.3 Å². The molecule has 2 fully saturated rings. The van der Waals surface area contributed by atoms with Gasteiger partial charge in [0.25, 0.3) is 5.91 Å². The van der Waals surface area contributed by atoms with E-state index >= 15 is 0 Å². The van der Waals surface area contributed by atoms with Gasteiger partial charge in [0.1, 0.15) is 0 Å². The molecule has 1 N–H and O–H groups in total. The Hall–Kier alpha value is -1.88. The highest BCUT2D eigenvalue weighted by molar-refractivity contribution is 5.96. The Kier molecular flexibility index (Phi) is 5.42. The third-order valence-corrected chi connectivity index (χ3v) is 5.65. The fourth-order valence-electron chi connectivity index (χ4n) is 4.39. The number of hydrogen-bond donors (Lipinski definition) is 1. The van der Waals surface area contributed by atoms with Crippen molar-refractivity contribution in [3.05, 3.63) is 29.8 Å². The minimum absolute atomic E-state index is 0.0322. The van der Waals surface area contributed by atoms with Gasteiger partial charge in [0, 0.05) is 37.4 Å². The van der Waals surface area contributed by atoms with Crippen molar-refractivity contribution < 1.29 is 9.59 Å². The number of carbonyl (C=O) groups excluding carboxylic acids is 2. The molecule has 0 spiro atoms. The molecule has 0 aromatic heterocycles. The third kappa shape index (κ3) is 4.03. The average Bonchev–Trinajstić information content (AvgIpc) is 2.90. The van der Waals surface area contributed by atoms with E-state index in [0.717, 1.165) is 11.6 Å². The molecule has 1 aromatic rings. The maximum Gasteiger partial charge on any atom is 0.253 e. The van der Waals surface area contributed by atoms with E-state index in [1.165, 1.54) is 32.1 Å². The van der Waals surface area contributed by atoms with Crippen LogP contribution in [0.3, 0.4) is 0 Å². The Labute approximate surface area is 150 Å². The van der Waals surface area contributed by atoms with Gasteiger partial charge in [-0.15, -0.1) is 0 Å². The van der Waals surface area contributed by atoms with Gasteiger partial charge in [0.15, 0.2) is 0 Å². The summed E-state index contributed by atoms with van der Waals surface area (Å²) >= 11 is 0. The molecule has 5 nitrogen and oxygen atoms in total. The first-order valence-corrected chi connectivity index (χ1v) is 9.33. The fourth-order valence-corrected chi connectivity index (χ4v) is 4.39. The van der Waals surface area contributed by atoms with Gasteiger partial charge in [-0.2, -0.15) is 0 Å². The van der Waals surface area contributed by atoms with Crippen molar-refractivity contribution in [1.29, 1.82) is 0 Å². The van der Waals surface area contributed by atoms with Crippen molar-refractivity contribution in [2.75, 3.05) is 26.0 Å². The molecule has 136 valence electrons. The van der Waals surface area contributed by atoms with Gasteiger partial charge < -0.3 is 10.2 Å². The van der Waals surface area contributed by atoms with E-state index in [1.54, 1.807) is 43.3 Å². The maximum atomic E-state index is 12.5. The summed E-state index contributed by atoms with van der Waals surface area (Å²) < 4.78 is 0. The van der Waals surface area contributed by atoms with E-state index in [-0.39, 0.29) is 11.8 Å². The molecule has 1 aromatic carbocycles. The lowest BCUT2D eigenvalue weighted by Crippen LogP contribution is -2.42. The van der Waals surface area contributed by atoms with Crippen LogP contribution in [0.25, 0.3) is 0 Å². The number of benzene rings is 1. The number of nitrogens with zero attached hydrogens (tertiary/aromatic N) is 2. The van der Waals surface area contributed by atoms with Crippen molar-refractivity contribution in [3.8, 4) is 0 Å². The number of fused-ring (bicyclic) bond motifs is 1. The average molecular weight is 343 g/mol. The van der Waals surface area contributed by atoms with Crippen LogP contribution >= 0.6 is 0 Å². The number of hydrogen-bond acceptors (Lipinski definition) is 3. The molecule has 2 aliphatic rings. The Morgan fingerprint density at radius 3 is 2.52 bits per heavy atom. The summed E-state index contributed by atoms with van der Waals surface area (Å²) in [5, 5.41) is 2.97. The number of anilines is 1. The normalized spacial score (nSPS) is 26.1. The van der Waals surface area contributed by atoms with Crippen LogP contribution < -0.4 is 5.32 Å². The Balaban J connectivity index is 1.58. The van der Waals surface area contributed by atoms with Gasteiger partial charge in [0.2, 0.25) is 5.91 Å². The highest BCUT2D eigenvalue weighted by Gasteiger charge is 2.40. The van der Waals surface area contributed by atoms with Crippen molar-refractivity contribution in [2.24, 2.45) is 5.92 Å². The van der Waals surface area contributed by atoms with E-state index < -0.39 is 0 Å². The molecule has 25 heavy (non-hydrogen) atoms. The van der Waals surface area contributed by atoms with E-state index in [9.17, 15) is 9.59 Å². The zero-order valence-corrected chi connectivity index (χ0v) is 15.5. The minimum Gasteiger partial charge on any atom is -0.345 e. The molecule has 1 saturated heterocycles. The first kappa shape index (κ1) is 17.9. The molecular weight excluding hydrogens is 314 g/mol.